The second-order valence-corrected chi connectivity index (χ2v) is 6.63. The molecule has 5 heteroatoms. The number of methoxy groups -OCH3 is 1. The van der Waals surface area contributed by atoms with Gasteiger partial charge >= 0.3 is 0 Å². The van der Waals surface area contributed by atoms with Crippen LogP contribution in [0, 0.1) is 0 Å². The van der Waals surface area contributed by atoms with Crippen molar-refractivity contribution in [3.63, 3.8) is 0 Å². The summed E-state index contributed by atoms with van der Waals surface area (Å²) in [5, 5.41) is 2.25. The van der Waals surface area contributed by atoms with Crippen LogP contribution in [0.2, 0.25) is 0 Å². The maximum absolute atomic E-state index is 11.8. The van der Waals surface area contributed by atoms with Gasteiger partial charge in [-0.1, -0.05) is 36.4 Å². The average Bonchev–Trinajstić information content (AvgIpc) is 2.44. The van der Waals surface area contributed by atoms with E-state index in [1.165, 1.54) is 7.11 Å². The standard InChI is InChI=1S/C15H19NO3S/c1-12(16-20(17,18)10-9-19-2)14-8-7-13-5-3-4-6-15(13)11-14/h3-8,11-12,16H,9-10H2,1-2H3/t12-/m1/s1. The van der Waals surface area contributed by atoms with Crippen LogP contribution in [0.5, 0.6) is 0 Å². The van der Waals surface area contributed by atoms with E-state index in [4.69, 9.17) is 4.74 Å². The largest absolute Gasteiger partial charge is 0.384 e. The molecule has 0 aliphatic rings. The number of hydrogen-bond acceptors (Lipinski definition) is 3. The van der Waals surface area contributed by atoms with Gasteiger partial charge < -0.3 is 4.74 Å². The SMILES string of the molecule is COCCS(=O)(=O)N[C@H](C)c1ccc2ccccc2c1. The van der Waals surface area contributed by atoms with Gasteiger partial charge in [-0.25, -0.2) is 13.1 Å². The van der Waals surface area contributed by atoms with E-state index in [9.17, 15) is 8.42 Å². The first kappa shape index (κ1) is 15.0. The van der Waals surface area contributed by atoms with Crippen molar-refractivity contribution in [2.24, 2.45) is 0 Å². The molecule has 4 nitrogen and oxygen atoms in total. The Hall–Kier alpha value is -1.43. The first-order chi connectivity index (χ1) is 9.52. The summed E-state index contributed by atoms with van der Waals surface area (Å²) in [4.78, 5) is 0. The third-order valence-corrected chi connectivity index (χ3v) is 4.60. The number of hydrogen-bond donors (Lipinski definition) is 1. The molecule has 0 aromatic heterocycles. The quantitative estimate of drug-likeness (QED) is 0.890. The smallest absolute Gasteiger partial charge is 0.214 e. The Morgan fingerprint density at radius 1 is 1.15 bits per heavy atom. The molecule has 1 atom stereocenters. The van der Waals surface area contributed by atoms with Gasteiger partial charge in [0, 0.05) is 13.2 Å². The molecule has 0 fully saturated rings. The first-order valence-electron chi connectivity index (χ1n) is 6.49. The van der Waals surface area contributed by atoms with E-state index in [0.717, 1.165) is 16.3 Å². The third kappa shape index (κ3) is 3.79. The Morgan fingerprint density at radius 3 is 2.55 bits per heavy atom. The summed E-state index contributed by atoms with van der Waals surface area (Å²) >= 11 is 0. The maximum Gasteiger partial charge on any atom is 0.214 e. The van der Waals surface area contributed by atoms with Crippen LogP contribution in [-0.4, -0.2) is 27.9 Å². The second kappa shape index (κ2) is 6.35. The molecule has 0 unspecified atom stereocenters. The maximum atomic E-state index is 11.8. The minimum Gasteiger partial charge on any atom is -0.384 e. The molecule has 0 aliphatic heterocycles. The second-order valence-electron chi connectivity index (χ2n) is 4.76. The van der Waals surface area contributed by atoms with Gasteiger partial charge in [-0.2, -0.15) is 0 Å². The molecule has 2 aromatic rings. The number of rotatable bonds is 6. The molecule has 0 saturated heterocycles. The number of benzene rings is 2. The van der Waals surface area contributed by atoms with Gasteiger partial charge in [0.2, 0.25) is 10.0 Å². The normalized spacial score (nSPS) is 13.5. The lowest BCUT2D eigenvalue weighted by Gasteiger charge is -2.15. The number of sulfonamides is 1. The van der Waals surface area contributed by atoms with E-state index in [2.05, 4.69) is 4.72 Å². The van der Waals surface area contributed by atoms with Crippen LogP contribution in [0.15, 0.2) is 42.5 Å². The molecule has 0 heterocycles. The predicted octanol–water partition coefficient (Wildman–Crippen LogP) is 2.47. The number of nitrogens with one attached hydrogen (secondary N) is 1. The van der Waals surface area contributed by atoms with Crippen molar-refractivity contribution in [1.29, 1.82) is 0 Å². The van der Waals surface area contributed by atoms with Gasteiger partial charge in [0.05, 0.1) is 12.4 Å². The van der Waals surface area contributed by atoms with Gasteiger partial charge in [-0.3, -0.25) is 0 Å². The lowest BCUT2D eigenvalue weighted by molar-refractivity contribution is 0.216. The minimum atomic E-state index is -3.32. The highest BCUT2D eigenvalue weighted by molar-refractivity contribution is 7.89. The summed E-state index contributed by atoms with van der Waals surface area (Å²) in [6.45, 7) is 2.04. The topological polar surface area (TPSA) is 55.4 Å². The van der Waals surface area contributed by atoms with E-state index in [1.54, 1.807) is 0 Å². The highest BCUT2D eigenvalue weighted by Gasteiger charge is 2.15. The molecular weight excluding hydrogens is 274 g/mol. The first-order valence-corrected chi connectivity index (χ1v) is 8.15. The Labute approximate surface area is 119 Å². The summed E-state index contributed by atoms with van der Waals surface area (Å²) in [7, 11) is -1.83. The van der Waals surface area contributed by atoms with Crippen LogP contribution in [0.4, 0.5) is 0 Å². The van der Waals surface area contributed by atoms with E-state index in [-0.39, 0.29) is 18.4 Å². The number of fused-ring (bicyclic) bond motifs is 1. The van der Waals surface area contributed by atoms with E-state index in [0.29, 0.717) is 0 Å². The van der Waals surface area contributed by atoms with Gasteiger partial charge in [0.25, 0.3) is 0 Å². The highest BCUT2D eigenvalue weighted by atomic mass is 32.2. The Balaban J connectivity index is 2.16. The molecule has 0 amide bonds. The van der Waals surface area contributed by atoms with E-state index >= 15 is 0 Å². The van der Waals surface area contributed by atoms with Gasteiger partial charge in [0.1, 0.15) is 0 Å². The molecule has 0 spiro atoms. The number of ether oxygens (including phenoxy) is 1. The zero-order chi connectivity index (χ0) is 14.6. The van der Waals surface area contributed by atoms with Crippen LogP contribution in [0.1, 0.15) is 18.5 Å². The van der Waals surface area contributed by atoms with Gasteiger partial charge in [-0.15, -0.1) is 0 Å². The Bertz CT molecular complexity index is 682. The molecule has 2 rings (SSSR count). The molecule has 108 valence electrons. The molecular formula is C15H19NO3S. The van der Waals surface area contributed by atoms with Crippen LogP contribution < -0.4 is 4.72 Å². The third-order valence-electron chi connectivity index (χ3n) is 3.19. The van der Waals surface area contributed by atoms with Crippen LogP contribution in [0.25, 0.3) is 10.8 Å². The fourth-order valence-electron chi connectivity index (χ4n) is 2.07. The van der Waals surface area contributed by atoms with Gasteiger partial charge in [-0.05, 0) is 29.3 Å². The van der Waals surface area contributed by atoms with Crippen molar-refractivity contribution in [1.82, 2.24) is 4.72 Å². The summed E-state index contributed by atoms with van der Waals surface area (Å²) in [5.41, 5.74) is 0.949. The van der Waals surface area contributed by atoms with Crippen LogP contribution in [0.3, 0.4) is 0 Å². The predicted molar refractivity (Wildman–Crippen MR) is 81.2 cm³/mol. The van der Waals surface area contributed by atoms with Crippen LogP contribution >= 0.6 is 0 Å². The molecule has 0 bridgehead atoms. The van der Waals surface area contributed by atoms with Crippen molar-refractivity contribution >= 4 is 20.8 Å². The van der Waals surface area contributed by atoms with E-state index < -0.39 is 10.0 Å². The van der Waals surface area contributed by atoms with Crippen molar-refractivity contribution < 1.29 is 13.2 Å². The molecule has 1 N–H and O–H groups in total. The summed E-state index contributed by atoms with van der Waals surface area (Å²) in [6.07, 6.45) is 0. The molecule has 0 aliphatic carbocycles. The van der Waals surface area contributed by atoms with Gasteiger partial charge in [0.15, 0.2) is 0 Å². The Morgan fingerprint density at radius 2 is 1.85 bits per heavy atom. The van der Waals surface area contributed by atoms with Crippen molar-refractivity contribution in [3.05, 3.63) is 48.0 Å². The zero-order valence-corrected chi connectivity index (χ0v) is 12.5. The highest BCUT2D eigenvalue weighted by Crippen LogP contribution is 2.20. The fraction of sp³-hybridized carbons (Fsp3) is 0.333. The minimum absolute atomic E-state index is 0.0264. The Kier molecular flexibility index (Phi) is 4.75. The molecule has 2 aromatic carbocycles. The fourth-order valence-corrected chi connectivity index (χ4v) is 3.25. The summed E-state index contributed by atoms with van der Waals surface area (Å²) in [5.74, 6) is -0.0264. The molecule has 0 radical (unpaired) electrons. The van der Waals surface area contributed by atoms with Crippen molar-refractivity contribution in [2.45, 2.75) is 13.0 Å². The zero-order valence-electron chi connectivity index (χ0n) is 11.7. The summed E-state index contributed by atoms with van der Waals surface area (Å²) in [6, 6.07) is 13.7. The van der Waals surface area contributed by atoms with Crippen LogP contribution in [-0.2, 0) is 14.8 Å². The summed E-state index contributed by atoms with van der Waals surface area (Å²) < 4.78 is 31.2. The monoisotopic (exact) mass is 293 g/mol. The molecule has 0 saturated carbocycles. The molecule has 20 heavy (non-hydrogen) atoms. The lowest BCUT2D eigenvalue weighted by Crippen LogP contribution is -2.30. The average molecular weight is 293 g/mol. The van der Waals surface area contributed by atoms with Crippen molar-refractivity contribution in [2.75, 3.05) is 19.5 Å². The lowest BCUT2D eigenvalue weighted by atomic mass is 10.0. The van der Waals surface area contributed by atoms with E-state index in [1.807, 2.05) is 49.4 Å². The van der Waals surface area contributed by atoms with Crippen molar-refractivity contribution in [3.8, 4) is 0 Å².